The molecule has 7 nitrogen and oxygen atoms in total. The molecule has 0 aromatic heterocycles. The molecule has 1 aliphatic heterocycles. The van der Waals surface area contributed by atoms with Crippen LogP contribution in [0.1, 0.15) is 49.7 Å². The van der Waals surface area contributed by atoms with Gasteiger partial charge in [-0.2, -0.15) is 0 Å². The van der Waals surface area contributed by atoms with E-state index < -0.39 is 4.92 Å². The fourth-order valence-corrected chi connectivity index (χ4v) is 5.85. The monoisotopic (exact) mass is 497 g/mol. The summed E-state index contributed by atoms with van der Waals surface area (Å²) in [6.07, 6.45) is 3.04. The van der Waals surface area contributed by atoms with Crippen LogP contribution in [0, 0.1) is 27.9 Å². The lowest BCUT2D eigenvalue weighted by Crippen LogP contribution is -2.31. The molecule has 190 valence electrons. The Bertz CT molecular complexity index is 1260. The van der Waals surface area contributed by atoms with Gasteiger partial charge in [0.1, 0.15) is 5.69 Å². The van der Waals surface area contributed by atoms with E-state index in [0.717, 1.165) is 12.8 Å². The number of hydrogen-bond acceptors (Lipinski definition) is 5. The third-order valence-corrected chi connectivity index (χ3v) is 7.78. The molecule has 1 aliphatic carbocycles. The van der Waals surface area contributed by atoms with E-state index in [-0.39, 0.29) is 40.9 Å². The van der Waals surface area contributed by atoms with Crippen molar-refractivity contribution in [3.8, 4) is 0 Å². The Morgan fingerprint density at radius 3 is 2.16 bits per heavy atom. The number of carbonyl (C=O) groups is 2. The Balaban J connectivity index is 1.34. The van der Waals surface area contributed by atoms with Gasteiger partial charge in [-0.05, 0) is 54.9 Å². The summed E-state index contributed by atoms with van der Waals surface area (Å²) < 4.78 is 0. The molecule has 1 N–H and O–H groups in total. The zero-order valence-corrected chi connectivity index (χ0v) is 20.9. The van der Waals surface area contributed by atoms with Crippen LogP contribution in [-0.4, -0.2) is 23.3 Å². The molecule has 1 saturated carbocycles. The van der Waals surface area contributed by atoms with Crippen molar-refractivity contribution in [2.75, 3.05) is 16.8 Å². The van der Waals surface area contributed by atoms with Gasteiger partial charge < -0.3 is 5.32 Å². The summed E-state index contributed by atoms with van der Waals surface area (Å²) in [5, 5.41) is 15.2. The number of nitrogens with zero attached hydrogens (tertiary/aromatic N) is 2. The highest BCUT2D eigenvalue weighted by Gasteiger charge is 2.50. The first-order valence-electron chi connectivity index (χ1n) is 12.9. The molecule has 0 radical (unpaired) electrons. The Kier molecular flexibility index (Phi) is 7.04. The molecule has 5 rings (SSSR count). The van der Waals surface area contributed by atoms with Crippen molar-refractivity contribution in [3.05, 3.63) is 100 Å². The Labute approximate surface area is 216 Å². The topological polar surface area (TPSA) is 92.6 Å². The Morgan fingerprint density at radius 2 is 1.54 bits per heavy atom. The molecule has 37 heavy (non-hydrogen) atoms. The minimum atomic E-state index is -0.460. The fraction of sp³-hybridized carbons (Fsp3) is 0.333. The smallest absolute Gasteiger partial charge is 0.294 e. The number of nitrogens with one attached hydrogen (secondary N) is 1. The van der Waals surface area contributed by atoms with E-state index >= 15 is 0 Å². The number of fused-ring (bicyclic) bond motifs is 1. The quantitative estimate of drug-likeness (QED) is 0.229. The standard InChI is InChI=1S/C30H31N3O4/c1-20-12-14-25-26(18-20)30(35)32(29(25)34)23-13-15-27(28(19-23)33(36)37)31-17-16-24(21-8-4-2-5-9-21)22-10-6-3-7-11-22/h2-11,13,15,19-20,24-26,31H,12,14,16-18H2,1H3/t20-,25-,26-/m1/s1. The van der Waals surface area contributed by atoms with Crippen LogP contribution in [0.25, 0.3) is 0 Å². The van der Waals surface area contributed by atoms with Gasteiger partial charge in [-0.25, -0.2) is 4.90 Å². The number of anilines is 2. The minimum Gasteiger partial charge on any atom is -0.379 e. The van der Waals surface area contributed by atoms with Crippen molar-refractivity contribution >= 4 is 28.9 Å². The van der Waals surface area contributed by atoms with Crippen LogP contribution >= 0.6 is 0 Å². The maximum atomic E-state index is 13.1. The zero-order chi connectivity index (χ0) is 25.9. The van der Waals surface area contributed by atoms with Crippen molar-refractivity contribution in [1.82, 2.24) is 0 Å². The highest BCUT2D eigenvalue weighted by atomic mass is 16.6. The number of carbonyl (C=O) groups excluding carboxylic acids is 2. The lowest BCUT2D eigenvalue weighted by Gasteiger charge is -2.25. The summed E-state index contributed by atoms with van der Waals surface area (Å²) in [6, 6.07) is 25.0. The van der Waals surface area contributed by atoms with Gasteiger partial charge in [0.05, 0.1) is 22.4 Å². The first kappa shape index (κ1) is 24.7. The molecular weight excluding hydrogens is 466 g/mol. The summed E-state index contributed by atoms with van der Waals surface area (Å²) >= 11 is 0. The van der Waals surface area contributed by atoms with Gasteiger partial charge >= 0.3 is 0 Å². The first-order chi connectivity index (χ1) is 17.9. The summed E-state index contributed by atoms with van der Waals surface area (Å²) in [5.41, 5.74) is 2.88. The van der Waals surface area contributed by atoms with E-state index in [0.29, 0.717) is 31.0 Å². The average Bonchev–Trinajstić information content (AvgIpc) is 3.16. The molecule has 2 aliphatic rings. The first-order valence-corrected chi connectivity index (χ1v) is 12.9. The van der Waals surface area contributed by atoms with Crippen LogP contribution in [0.4, 0.5) is 17.1 Å². The molecule has 2 fully saturated rings. The summed E-state index contributed by atoms with van der Waals surface area (Å²) in [4.78, 5) is 38.8. The zero-order valence-electron chi connectivity index (χ0n) is 20.9. The van der Waals surface area contributed by atoms with Crippen LogP contribution in [0.3, 0.4) is 0 Å². The number of nitro benzene ring substituents is 1. The van der Waals surface area contributed by atoms with Crippen LogP contribution in [0.2, 0.25) is 0 Å². The van der Waals surface area contributed by atoms with Crippen LogP contribution in [0.5, 0.6) is 0 Å². The van der Waals surface area contributed by atoms with Gasteiger partial charge in [-0.3, -0.25) is 19.7 Å². The van der Waals surface area contributed by atoms with Crippen LogP contribution in [0.15, 0.2) is 78.9 Å². The second kappa shape index (κ2) is 10.5. The van der Waals surface area contributed by atoms with Crippen molar-refractivity contribution in [2.45, 2.75) is 38.5 Å². The predicted molar refractivity (Wildman–Crippen MR) is 143 cm³/mol. The highest BCUT2D eigenvalue weighted by molar-refractivity contribution is 6.22. The van der Waals surface area contributed by atoms with E-state index in [1.807, 2.05) is 36.4 Å². The molecular formula is C30H31N3O4. The van der Waals surface area contributed by atoms with Gasteiger partial charge in [-0.15, -0.1) is 0 Å². The second-order valence-electron chi connectivity index (χ2n) is 10.2. The van der Waals surface area contributed by atoms with Gasteiger partial charge in [0.15, 0.2) is 0 Å². The number of imide groups is 1. The van der Waals surface area contributed by atoms with Gasteiger partial charge in [0.2, 0.25) is 11.8 Å². The molecule has 1 heterocycles. The van der Waals surface area contributed by atoms with Gasteiger partial charge in [0, 0.05) is 18.5 Å². The Hall–Kier alpha value is -4.00. The lowest BCUT2D eigenvalue weighted by atomic mass is 9.76. The van der Waals surface area contributed by atoms with E-state index in [9.17, 15) is 19.7 Å². The molecule has 0 bridgehead atoms. The third-order valence-electron chi connectivity index (χ3n) is 7.78. The maximum Gasteiger partial charge on any atom is 0.294 e. The van der Waals surface area contributed by atoms with E-state index in [1.165, 1.54) is 22.1 Å². The molecule has 0 spiro atoms. The molecule has 2 amide bonds. The highest BCUT2D eigenvalue weighted by Crippen LogP contribution is 2.43. The van der Waals surface area contributed by atoms with Crippen LogP contribution < -0.4 is 10.2 Å². The minimum absolute atomic E-state index is 0.138. The number of nitro groups is 1. The Morgan fingerprint density at radius 1 is 0.919 bits per heavy atom. The van der Waals surface area contributed by atoms with E-state index in [4.69, 9.17) is 0 Å². The molecule has 0 unspecified atom stereocenters. The summed E-state index contributed by atoms with van der Waals surface area (Å²) in [7, 11) is 0. The summed E-state index contributed by atoms with van der Waals surface area (Å²) in [5.74, 6) is -0.557. The van der Waals surface area contributed by atoms with Crippen LogP contribution in [-0.2, 0) is 9.59 Å². The maximum absolute atomic E-state index is 13.1. The number of hydrogen-bond donors (Lipinski definition) is 1. The summed E-state index contributed by atoms with van der Waals surface area (Å²) in [6.45, 7) is 2.61. The van der Waals surface area contributed by atoms with Gasteiger partial charge in [0.25, 0.3) is 5.69 Å². The molecule has 7 heteroatoms. The number of amides is 2. The molecule has 3 aromatic carbocycles. The van der Waals surface area contributed by atoms with E-state index in [2.05, 4.69) is 36.5 Å². The SMILES string of the molecule is C[C@@H]1CC[C@H]2C(=O)N(c3ccc(NCCC(c4ccccc4)c4ccccc4)c([N+](=O)[O-])c3)C(=O)[C@@H]2C1. The average molecular weight is 498 g/mol. The van der Waals surface area contributed by atoms with Crippen molar-refractivity contribution in [3.63, 3.8) is 0 Å². The van der Waals surface area contributed by atoms with Gasteiger partial charge in [-0.1, -0.05) is 67.6 Å². The normalized spacial score (nSPS) is 21.2. The second-order valence-corrected chi connectivity index (χ2v) is 10.2. The molecule has 1 saturated heterocycles. The molecule has 3 atom stereocenters. The van der Waals surface area contributed by atoms with Crippen molar-refractivity contribution in [1.29, 1.82) is 0 Å². The number of rotatable bonds is 8. The number of benzene rings is 3. The van der Waals surface area contributed by atoms with Crippen molar-refractivity contribution < 1.29 is 14.5 Å². The molecule has 3 aromatic rings. The van der Waals surface area contributed by atoms with Crippen molar-refractivity contribution in [2.24, 2.45) is 17.8 Å². The van der Waals surface area contributed by atoms with E-state index in [1.54, 1.807) is 12.1 Å². The fourth-order valence-electron chi connectivity index (χ4n) is 5.85. The predicted octanol–water partition coefficient (Wildman–Crippen LogP) is 6.15. The lowest BCUT2D eigenvalue weighted by molar-refractivity contribution is -0.383. The third kappa shape index (κ3) is 4.99. The largest absolute Gasteiger partial charge is 0.379 e.